The van der Waals surface area contributed by atoms with Gasteiger partial charge in [0.1, 0.15) is 5.75 Å². The van der Waals surface area contributed by atoms with Crippen molar-refractivity contribution in [3.63, 3.8) is 0 Å². The van der Waals surface area contributed by atoms with Gasteiger partial charge >= 0.3 is 5.97 Å². The molecule has 0 bridgehead atoms. The molecule has 0 unspecified atom stereocenters. The summed E-state index contributed by atoms with van der Waals surface area (Å²) in [5, 5.41) is 0. The summed E-state index contributed by atoms with van der Waals surface area (Å²) in [5.41, 5.74) is 4.01. The number of nitrogens with zero attached hydrogens (tertiary/aromatic N) is 1. The number of esters is 1. The molecule has 3 aromatic rings. The summed E-state index contributed by atoms with van der Waals surface area (Å²) in [4.78, 5) is 11.4. The van der Waals surface area contributed by atoms with Crippen molar-refractivity contribution < 1.29 is 14.3 Å². The molecule has 3 rings (SSSR count). The van der Waals surface area contributed by atoms with Gasteiger partial charge in [-0.2, -0.15) is 0 Å². The molecule has 1 aromatic heterocycles. The van der Waals surface area contributed by atoms with E-state index in [0.29, 0.717) is 12.4 Å². The van der Waals surface area contributed by atoms with Crippen LogP contribution in [-0.4, -0.2) is 23.8 Å². The standard InChI is InChI=1S/C25H29NO3/c1-2-28-25(27)20-29-24-16-13-22(14-17-24)12-15-23-11-7-19-26(23)18-6-10-21-8-4-3-5-9-21/h3-5,7-9,11,13-14,16-17,19H,2,6,10,12,15,18,20H2,1H3. The number of ether oxygens (including phenoxy) is 2. The smallest absolute Gasteiger partial charge is 0.344 e. The lowest BCUT2D eigenvalue weighted by Gasteiger charge is -2.10. The van der Waals surface area contributed by atoms with E-state index in [4.69, 9.17) is 9.47 Å². The van der Waals surface area contributed by atoms with Gasteiger partial charge in [-0.05, 0) is 68.0 Å². The Bertz CT molecular complexity index is 869. The Labute approximate surface area is 173 Å². The van der Waals surface area contributed by atoms with Crippen molar-refractivity contribution in [1.29, 1.82) is 0 Å². The molecule has 0 N–H and O–H groups in total. The molecule has 1 heterocycles. The van der Waals surface area contributed by atoms with Gasteiger partial charge in [0.15, 0.2) is 6.61 Å². The SMILES string of the molecule is CCOC(=O)COc1ccc(CCc2cccn2CCCc2ccccc2)cc1. The second-order valence-electron chi connectivity index (χ2n) is 7.02. The molecule has 152 valence electrons. The van der Waals surface area contributed by atoms with Crippen LogP contribution in [0.25, 0.3) is 0 Å². The Morgan fingerprint density at radius 2 is 1.62 bits per heavy atom. The van der Waals surface area contributed by atoms with Gasteiger partial charge < -0.3 is 14.0 Å². The van der Waals surface area contributed by atoms with Crippen molar-refractivity contribution >= 4 is 5.97 Å². The van der Waals surface area contributed by atoms with Crippen LogP contribution in [0.4, 0.5) is 0 Å². The van der Waals surface area contributed by atoms with E-state index in [1.807, 2.05) is 12.1 Å². The summed E-state index contributed by atoms with van der Waals surface area (Å²) in [6, 6.07) is 22.9. The van der Waals surface area contributed by atoms with Gasteiger partial charge in [0, 0.05) is 18.4 Å². The van der Waals surface area contributed by atoms with Crippen LogP contribution in [0.1, 0.15) is 30.2 Å². The van der Waals surface area contributed by atoms with Crippen molar-refractivity contribution in [3.05, 3.63) is 89.7 Å². The Balaban J connectivity index is 1.44. The normalized spacial score (nSPS) is 10.7. The number of rotatable bonds is 11. The molecule has 0 aliphatic heterocycles. The van der Waals surface area contributed by atoms with Gasteiger partial charge in [-0.15, -0.1) is 0 Å². The fourth-order valence-electron chi connectivity index (χ4n) is 3.36. The average Bonchev–Trinajstić information content (AvgIpc) is 3.20. The first-order valence-electron chi connectivity index (χ1n) is 10.3. The van der Waals surface area contributed by atoms with Crippen molar-refractivity contribution in [3.8, 4) is 5.75 Å². The molecule has 0 atom stereocenters. The molecule has 4 heteroatoms. The van der Waals surface area contributed by atoms with Crippen LogP contribution in [0.3, 0.4) is 0 Å². The molecule has 29 heavy (non-hydrogen) atoms. The van der Waals surface area contributed by atoms with E-state index in [-0.39, 0.29) is 12.6 Å². The van der Waals surface area contributed by atoms with E-state index in [1.165, 1.54) is 16.8 Å². The van der Waals surface area contributed by atoms with Crippen molar-refractivity contribution in [2.75, 3.05) is 13.2 Å². The third-order valence-corrected chi connectivity index (χ3v) is 4.89. The molecule has 0 saturated heterocycles. The largest absolute Gasteiger partial charge is 0.482 e. The molecule has 0 radical (unpaired) electrons. The maximum absolute atomic E-state index is 11.4. The maximum Gasteiger partial charge on any atom is 0.344 e. The number of aryl methyl sites for hydroxylation is 4. The minimum atomic E-state index is -0.343. The molecular formula is C25H29NO3. The molecule has 2 aromatic carbocycles. The summed E-state index contributed by atoms with van der Waals surface area (Å²) >= 11 is 0. The van der Waals surface area contributed by atoms with Crippen LogP contribution in [0, 0.1) is 0 Å². The Kier molecular flexibility index (Phi) is 7.93. The van der Waals surface area contributed by atoms with Gasteiger partial charge in [-0.3, -0.25) is 0 Å². The van der Waals surface area contributed by atoms with E-state index in [0.717, 1.165) is 32.2 Å². The quantitative estimate of drug-likeness (QED) is 0.439. The fourth-order valence-corrected chi connectivity index (χ4v) is 3.36. The minimum absolute atomic E-state index is 0.0519. The first kappa shape index (κ1) is 20.7. The summed E-state index contributed by atoms with van der Waals surface area (Å²) in [6.45, 7) is 3.14. The zero-order valence-electron chi connectivity index (χ0n) is 17.0. The maximum atomic E-state index is 11.4. The van der Waals surface area contributed by atoms with E-state index in [2.05, 4.69) is 65.4 Å². The summed E-state index contributed by atoms with van der Waals surface area (Å²) in [5.74, 6) is 0.343. The fraction of sp³-hybridized carbons (Fsp3) is 0.320. The zero-order valence-corrected chi connectivity index (χ0v) is 17.0. The number of hydrogen-bond donors (Lipinski definition) is 0. The second kappa shape index (κ2) is 11.1. The molecule has 4 nitrogen and oxygen atoms in total. The summed E-state index contributed by atoms with van der Waals surface area (Å²) in [7, 11) is 0. The minimum Gasteiger partial charge on any atom is -0.482 e. The van der Waals surface area contributed by atoms with Crippen molar-refractivity contribution in [1.82, 2.24) is 4.57 Å². The molecule has 0 amide bonds. The highest BCUT2D eigenvalue weighted by molar-refractivity contribution is 5.71. The van der Waals surface area contributed by atoms with Crippen LogP contribution in [0.15, 0.2) is 72.9 Å². The Hall–Kier alpha value is -3.01. The molecule has 0 fully saturated rings. The lowest BCUT2D eigenvalue weighted by Crippen LogP contribution is -2.14. The van der Waals surface area contributed by atoms with E-state index in [9.17, 15) is 4.79 Å². The number of carbonyl (C=O) groups is 1. The number of benzene rings is 2. The number of hydrogen-bond acceptors (Lipinski definition) is 3. The van der Waals surface area contributed by atoms with Crippen LogP contribution in [-0.2, 0) is 35.3 Å². The monoisotopic (exact) mass is 391 g/mol. The van der Waals surface area contributed by atoms with Crippen molar-refractivity contribution in [2.24, 2.45) is 0 Å². The van der Waals surface area contributed by atoms with Crippen LogP contribution in [0.5, 0.6) is 5.75 Å². The highest BCUT2D eigenvalue weighted by Gasteiger charge is 2.05. The summed E-state index contributed by atoms with van der Waals surface area (Å²) in [6.07, 6.45) is 6.39. The topological polar surface area (TPSA) is 40.5 Å². The van der Waals surface area contributed by atoms with E-state index < -0.39 is 0 Å². The number of carbonyl (C=O) groups excluding carboxylic acids is 1. The first-order valence-corrected chi connectivity index (χ1v) is 10.3. The van der Waals surface area contributed by atoms with E-state index >= 15 is 0 Å². The molecule has 0 aliphatic rings. The molecule has 0 aliphatic carbocycles. The third-order valence-electron chi connectivity index (χ3n) is 4.89. The highest BCUT2D eigenvalue weighted by atomic mass is 16.6. The van der Waals surface area contributed by atoms with Crippen LogP contribution < -0.4 is 4.74 Å². The van der Waals surface area contributed by atoms with Gasteiger partial charge in [-0.1, -0.05) is 42.5 Å². The average molecular weight is 392 g/mol. The predicted molar refractivity (Wildman–Crippen MR) is 115 cm³/mol. The van der Waals surface area contributed by atoms with Gasteiger partial charge in [0.25, 0.3) is 0 Å². The van der Waals surface area contributed by atoms with Crippen molar-refractivity contribution in [2.45, 2.75) is 39.2 Å². The van der Waals surface area contributed by atoms with Crippen LogP contribution >= 0.6 is 0 Å². The molecular weight excluding hydrogens is 362 g/mol. The lowest BCUT2D eigenvalue weighted by atomic mass is 10.1. The van der Waals surface area contributed by atoms with Gasteiger partial charge in [-0.25, -0.2) is 4.79 Å². The lowest BCUT2D eigenvalue weighted by molar-refractivity contribution is -0.145. The summed E-state index contributed by atoms with van der Waals surface area (Å²) < 4.78 is 12.7. The second-order valence-corrected chi connectivity index (χ2v) is 7.02. The first-order chi connectivity index (χ1) is 14.2. The third kappa shape index (κ3) is 6.83. The zero-order chi connectivity index (χ0) is 20.3. The predicted octanol–water partition coefficient (Wildman–Crippen LogP) is 4.85. The Morgan fingerprint density at radius 3 is 2.38 bits per heavy atom. The Morgan fingerprint density at radius 1 is 0.862 bits per heavy atom. The van der Waals surface area contributed by atoms with Crippen LogP contribution in [0.2, 0.25) is 0 Å². The van der Waals surface area contributed by atoms with E-state index in [1.54, 1.807) is 6.92 Å². The number of aromatic nitrogens is 1. The van der Waals surface area contributed by atoms with Gasteiger partial charge in [0.2, 0.25) is 0 Å². The molecule has 0 saturated carbocycles. The van der Waals surface area contributed by atoms with Gasteiger partial charge in [0.05, 0.1) is 6.61 Å². The highest BCUT2D eigenvalue weighted by Crippen LogP contribution is 2.15. The molecule has 0 spiro atoms.